The molecule has 0 rings (SSSR count). The first-order valence-corrected chi connectivity index (χ1v) is 5.48. The zero-order valence-electron chi connectivity index (χ0n) is 9.26. The van der Waals surface area contributed by atoms with E-state index in [0.717, 1.165) is 0 Å². The maximum atomic E-state index is 11.2. The second-order valence-electron chi connectivity index (χ2n) is 3.24. The van der Waals surface area contributed by atoms with E-state index >= 15 is 0 Å². The quantitative estimate of drug-likeness (QED) is 0.347. The zero-order valence-corrected chi connectivity index (χ0v) is 11.5. The molecular weight excluding hydrogens is 290 g/mol. The monoisotopic (exact) mass is 300 g/mol. The Morgan fingerprint density at radius 1 is 1.00 bits per heavy atom. The lowest BCUT2D eigenvalue weighted by Crippen LogP contribution is -2.36. The van der Waals surface area contributed by atoms with Crippen molar-refractivity contribution in [3.05, 3.63) is 24.3 Å². The number of alkyl halides is 3. The zero-order chi connectivity index (χ0) is 13.8. The second-order valence-corrected chi connectivity index (χ2v) is 5.61. The van der Waals surface area contributed by atoms with Gasteiger partial charge in [-0.2, -0.15) is 0 Å². The van der Waals surface area contributed by atoms with Crippen molar-refractivity contribution in [1.29, 1.82) is 0 Å². The van der Waals surface area contributed by atoms with E-state index in [-0.39, 0.29) is 11.1 Å². The SMILES string of the molecule is C=C(C)C(=O)OC(OC(=O)C(=C)C)C(Cl)(Cl)Cl. The summed E-state index contributed by atoms with van der Waals surface area (Å²) in [4.78, 5) is 22.5. The summed E-state index contributed by atoms with van der Waals surface area (Å²) in [7, 11) is 0. The van der Waals surface area contributed by atoms with Crippen LogP contribution in [-0.4, -0.2) is 22.0 Å². The second kappa shape index (κ2) is 6.28. The third kappa shape index (κ3) is 5.96. The van der Waals surface area contributed by atoms with Crippen LogP contribution in [0.5, 0.6) is 0 Å². The Hall–Kier alpha value is -0.710. The molecule has 0 aromatic rings. The highest BCUT2D eigenvalue weighted by Gasteiger charge is 2.39. The summed E-state index contributed by atoms with van der Waals surface area (Å²) in [6, 6.07) is 0. The fourth-order valence-electron chi connectivity index (χ4n) is 0.553. The first-order chi connectivity index (χ1) is 7.55. The summed E-state index contributed by atoms with van der Waals surface area (Å²) < 4.78 is 7.26. The predicted molar refractivity (Wildman–Crippen MR) is 65.9 cm³/mol. The number of ether oxygens (including phenoxy) is 2. The number of rotatable bonds is 4. The molecule has 0 aromatic heterocycles. The average Bonchev–Trinajstić information content (AvgIpc) is 2.14. The first-order valence-electron chi connectivity index (χ1n) is 4.35. The van der Waals surface area contributed by atoms with Gasteiger partial charge in [0.2, 0.25) is 0 Å². The topological polar surface area (TPSA) is 52.6 Å². The Labute approximate surface area is 114 Å². The van der Waals surface area contributed by atoms with Gasteiger partial charge < -0.3 is 9.47 Å². The van der Waals surface area contributed by atoms with Crippen LogP contribution in [0, 0.1) is 0 Å². The molecule has 0 spiro atoms. The molecule has 0 saturated heterocycles. The molecule has 0 fully saturated rings. The van der Waals surface area contributed by atoms with Crippen LogP contribution in [0.2, 0.25) is 0 Å². The molecule has 0 aliphatic heterocycles. The smallest absolute Gasteiger partial charge is 0.336 e. The molecule has 0 bridgehead atoms. The predicted octanol–water partition coefficient (Wildman–Crippen LogP) is 2.92. The molecular formula is C10H11Cl3O4. The Kier molecular flexibility index (Phi) is 6.02. The van der Waals surface area contributed by atoms with Crippen LogP contribution in [0.4, 0.5) is 0 Å². The highest BCUT2D eigenvalue weighted by atomic mass is 35.6. The van der Waals surface area contributed by atoms with Gasteiger partial charge in [0.05, 0.1) is 0 Å². The van der Waals surface area contributed by atoms with Crippen molar-refractivity contribution in [1.82, 2.24) is 0 Å². The van der Waals surface area contributed by atoms with Gasteiger partial charge in [-0.05, 0) is 13.8 Å². The van der Waals surface area contributed by atoms with Crippen LogP contribution in [0.3, 0.4) is 0 Å². The van der Waals surface area contributed by atoms with Crippen LogP contribution in [0.1, 0.15) is 13.8 Å². The van der Waals surface area contributed by atoms with Gasteiger partial charge in [-0.3, -0.25) is 0 Å². The Bertz CT molecular complexity index is 329. The van der Waals surface area contributed by atoms with E-state index in [1.165, 1.54) is 13.8 Å². The fraction of sp³-hybridized carbons (Fsp3) is 0.400. The van der Waals surface area contributed by atoms with Crippen LogP contribution >= 0.6 is 34.8 Å². The molecule has 0 amide bonds. The summed E-state index contributed by atoms with van der Waals surface area (Å²) in [5.41, 5.74) is 0.159. The molecule has 17 heavy (non-hydrogen) atoms. The van der Waals surface area contributed by atoms with Crippen LogP contribution in [-0.2, 0) is 19.1 Å². The van der Waals surface area contributed by atoms with E-state index in [0.29, 0.717) is 0 Å². The maximum absolute atomic E-state index is 11.2. The summed E-state index contributed by atoms with van der Waals surface area (Å²) >= 11 is 16.5. The number of hydrogen-bond acceptors (Lipinski definition) is 4. The standard InChI is InChI=1S/C10H11Cl3O4/c1-5(2)7(14)16-9(10(11,12)13)17-8(15)6(3)4/h9H,1,3H2,2,4H3. The van der Waals surface area contributed by atoms with Crippen molar-refractivity contribution >= 4 is 46.7 Å². The summed E-state index contributed by atoms with van der Waals surface area (Å²) in [6.45, 7) is 9.49. The number of carbonyl (C=O) groups is 2. The van der Waals surface area contributed by atoms with Gasteiger partial charge in [-0.25, -0.2) is 9.59 Å². The van der Waals surface area contributed by atoms with E-state index in [2.05, 4.69) is 22.6 Å². The maximum Gasteiger partial charge on any atom is 0.336 e. The van der Waals surface area contributed by atoms with Gasteiger partial charge in [0, 0.05) is 11.1 Å². The molecule has 0 radical (unpaired) electrons. The van der Waals surface area contributed by atoms with Gasteiger partial charge in [-0.1, -0.05) is 48.0 Å². The van der Waals surface area contributed by atoms with Gasteiger partial charge in [-0.15, -0.1) is 0 Å². The number of hydrogen-bond donors (Lipinski definition) is 0. The third-order valence-corrected chi connectivity index (χ3v) is 1.93. The highest BCUT2D eigenvalue weighted by Crippen LogP contribution is 2.33. The van der Waals surface area contributed by atoms with Crippen molar-refractivity contribution in [2.45, 2.75) is 23.9 Å². The van der Waals surface area contributed by atoms with Crippen molar-refractivity contribution in [3.8, 4) is 0 Å². The Balaban J connectivity index is 4.80. The molecule has 0 saturated carbocycles. The van der Waals surface area contributed by atoms with Crippen LogP contribution in [0.15, 0.2) is 24.3 Å². The molecule has 96 valence electrons. The van der Waals surface area contributed by atoms with Gasteiger partial charge in [0.1, 0.15) is 0 Å². The van der Waals surface area contributed by atoms with Crippen LogP contribution < -0.4 is 0 Å². The molecule has 0 unspecified atom stereocenters. The van der Waals surface area contributed by atoms with Crippen molar-refractivity contribution < 1.29 is 19.1 Å². The van der Waals surface area contributed by atoms with E-state index < -0.39 is 22.0 Å². The summed E-state index contributed by atoms with van der Waals surface area (Å²) in [6.07, 6.45) is -1.67. The van der Waals surface area contributed by atoms with Gasteiger partial charge in [0.15, 0.2) is 0 Å². The van der Waals surface area contributed by atoms with Gasteiger partial charge >= 0.3 is 11.9 Å². The number of halogens is 3. The molecule has 7 heteroatoms. The van der Waals surface area contributed by atoms with E-state index in [1.807, 2.05) is 0 Å². The lowest BCUT2D eigenvalue weighted by molar-refractivity contribution is -0.181. The van der Waals surface area contributed by atoms with Crippen LogP contribution in [0.25, 0.3) is 0 Å². The summed E-state index contributed by atoms with van der Waals surface area (Å²) in [5, 5.41) is 0. The third-order valence-electron chi connectivity index (χ3n) is 1.39. The summed E-state index contributed by atoms with van der Waals surface area (Å²) in [5.74, 6) is -1.67. The van der Waals surface area contributed by atoms with Crippen molar-refractivity contribution in [3.63, 3.8) is 0 Å². The Morgan fingerprint density at radius 3 is 1.47 bits per heavy atom. The van der Waals surface area contributed by atoms with Crippen molar-refractivity contribution in [2.24, 2.45) is 0 Å². The fourth-order valence-corrected chi connectivity index (χ4v) is 0.821. The van der Waals surface area contributed by atoms with Gasteiger partial charge in [0.25, 0.3) is 10.1 Å². The highest BCUT2D eigenvalue weighted by molar-refractivity contribution is 6.68. The molecule has 0 atom stereocenters. The molecule has 0 aliphatic carbocycles. The lowest BCUT2D eigenvalue weighted by atomic mass is 10.3. The molecule has 0 heterocycles. The van der Waals surface area contributed by atoms with E-state index in [1.54, 1.807) is 0 Å². The minimum absolute atomic E-state index is 0.0793. The first kappa shape index (κ1) is 16.3. The minimum atomic E-state index is -2.10. The molecule has 0 aromatic carbocycles. The largest absolute Gasteiger partial charge is 0.417 e. The molecule has 0 aliphatic rings. The molecule has 4 nitrogen and oxygen atoms in total. The van der Waals surface area contributed by atoms with Crippen molar-refractivity contribution in [2.75, 3.05) is 0 Å². The average molecular weight is 302 g/mol. The number of esters is 2. The molecule has 0 N–H and O–H groups in total. The van der Waals surface area contributed by atoms with E-state index in [9.17, 15) is 9.59 Å². The minimum Gasteiger partial charge on any atom is -0.417 e. The normalized spacial score (nSPS) is 10.9. The van der Waals surface area contributed by atoms with E-state index in [4.69, 9.17) is 34.8 Å². The lowest BCUT2D eigenvalue weighted by Gasteiger charge is -2.23. The number of carbonyl (C=O) groups excluding carboxylic acids is 2. The Morgan fingerprint density at radius 2 is 1.29 bits per heavy atom.